The van der Waals surface area contributed by atoms with E-state index in [1.54, 1.807) is 12.5 Å². The van der Waals surface area contributed by atoms with Gasteiger partial charge in [-0.2, -0.15) is 0 Å². The highest BCUT2D eigenvalue weighted by Gasteiger charge is 2.52. The van der Waals surface area contributed by atoms with E-state index in [0.717, 1.165) is 27.3 Å². The molecule has 1 N–H and O–H groups in total. The van der Waals surface area contributed by atoms with Gasteiger partial charge in [0.25, 0.3) is 7.41 Å². The first-order chi connectivity index (χ1) is 16.0. The molecule has 4 rings (SSSR count). The Hall–Kier alpha value is -3.27. The normalized spacial score (nSPS) is 12.2. The zero-order chi connectivity index (χ0) is 23.2. The second-order valence-corrected chi connectivity index (χ2v) is 13.6. The lowest BCUT2D eigenvalue weighted by molar-refractivity contribution is 0.685. The highest BCUT2D eigenvalue weighted by Crippen LogP contribution is 2.61. The molecule has 0 spiro atoms. The van der Waals surface area contributed by atoms with E-state index in [1.165, 1.54) is 0 Å². The summed E-state index contributed by atoms with van der Waals surface area (Å²) in [6.45, 7) is 0. The van der Waals surface area contributed by atoms with Crippen molar-refractivity contribution in [3.8, 4) is 0 Å². The third-order valence-electron chi connectivity index (χ3n) is 4.98. The van der Waals surface area contributed by atoms with E-state index in [1.807, 2.05) is 97.1 Å². The quantitative estimate of drug-likeness (QED) is 0.211. The Morgan fingerprint density at radius 2 is 1.09 bits per heavy atom. The van der Waals surface area contributed by atoms with Crippen LogP contribution >= 0.6 is 7.41 Å². The van der Waals surface area contributed by atoms with E-state index >= 15 is 0 Å². The lowest BCUT2D eigenvalue weighted by atomic mass is 10.2. The van der Waals surface area contributed by atoms with Crippen LogP contribution in [0.15, 0.2) is 131 Å². The molecule has 166 valence electrons. The third-order valence-corrected chi connectivity index (χ3v) is 10.6. The minimum absolute atomic E-state index is 0.778. The lowest BCUT2D eigenvalue weighted by Gasteiger charge is -2.23. The molecule has 0 amide bonds. The SMILES string of the molecule is CS(C)(=O)=N[P+](/C(=N\Nc1ccccc1)c1ccccc1)(c1ccccc1)c1ccccc1. The maximum atomic E-state index is 13.3. The number of hydrogen-bond donors (Lipinski definition) is 1. The summed E-state index contributed by atoms with van der Waals surface area (Å²) < 4.78 is 18.5. The van der Waals surface area contributed by atoms with Crippen LogP contribution in [-0.2, 0) is 9.73 Å². The first-order valence-corrected chi connectivity index (χ1v) is 14.7. The number of para-hydroxylation sites is 1. The summed E-state index contributed by atoms with van der Waals surface area (Å²) in [7, 11) is -5.25. The van der Waals surface area contributed by atoms with Crippen molar-refractivity contribution in [3.63, 3.8) is 0 Å². The Labute approximate surface area is 197 Å². The molecule has 0 aliphatic carbocycles. The molecule has 0 saturated carbocycles. The van der Waals surface area contributed by atoms with Crippen LogP contribution in [-0.4, -0.2) is 22.2 Å². The van der Waals surface area contributed by atoms with Crippen LogP contribution in [0.1, 0.15) is 5.56 Å². The van der Waals surface area contributed by atoms with Gasteiger partial charge >= 0.3 is 0 Å². The fourth-order valence-corrected chi connectivity index (χ4v) is 9.79. The van der Waals surface area contributed by atoms with Crippen LogP contribution < -0.4 is 16.0 Å². The first kappa shape index (κ1) is 22.9. The minimum Gasteiger partial charge on any atom is -0.275 e. The van der Waals surface area contributed by atoms with Crippen molar-refractivity contribution >= 4 is 38.9 Å². The van der Waals surface area contributed by atoms with Crippen LogP contribution in [0.4, 0.5) is 5.69 Å². The average Bonchev–Trinajstić information content (AvgIpc) is 2.85. The van der Waals surface area contributed by atoms with Crippen LogP contribution in [0.3, 0.4) is 0 Å². The van der Waals surface area contributed by atoms with E-state index in [0.29, 0.717) is 0 Å². The van der Waals surface area contributed by atoms with Gasteiger partial charge in [-0.1, -0.05) is 76.9 Å². The van der Waals surface area contributed by atoms with Gasteiger partial charge in [0.05, 0.1) is 15.4 Å². The Kier molecular flexibility index (Phi) is 7.02. The average molecular weight is 473 g/mol. The number of hydrogen-bond acceptors (Lipinski definition) is 4. The van der Waals surface area contributed by atoms with Crippen LogP contribution in [0, 0.1) is 0 Å². The van der Waals surface area contributed by atoms with Crippen molar-refractivity contribution < 1.29 is 4.21 Å². The highest BCUT2D eigenvalue weighted by molar-refractivity contribution is 8.08. The molecule has 0 saturated heterocycles. The van der Waals surface area contributed by atoms with Gasteiger partial charge in [-0.3, -0.25) is 5.43 Å². The molecule has 4 nitrogen and oxygen atoms in total. The molecule has 33 heavy (non-hydrogen) atoms. The second kappa shape index (κ2) is 10.1. The van der Waals surface area contributed by atoms with Crippen molar-refractivity contribution in [2.75, 3.05) is 17.9 Å². The van der Waals surface area contributed by atoms with Crippen molar-refractivity contribution in [1.29, 1.82) is 0 Å². The summed E-state index contributed by atoms with van der Waals surface area (Å²) in [5.41, 5.74) is 5.83. The Morgan fingerprint density at radius 3 is 1.55 bits per heavy atom. The van der Waals surface area contributed by atoms with Gasteiger partial charge in [-0.15, -0.1) is 5.10 Å². The van der Waals surface area contributed by atoms with Crippen LogP contribution in [0.25, 0.3) is 0 Å². The molecule has 0 aliphatic rings. The zero-order valence-corrected chi connectivity index (χ0v) is 20.4. The fraction of sp³-hybridized carbons (Fsp3) is 0.0741. The van der Waals surface area contributed by atoms with Gasteiger partial charge in [-0.25, -0.2) is 4.21 Å². The molecule has 4 aromatic carbocycles. The van der Waals surface area contributed by atoms with Crippen molar-refractivity contribution in [3.05, 3.63) is 127 Å². The van der Waals surface area contributed by atoms with Gasteiger partial charge in [0.15, 0.2) is 0 Å². The number of anilines is 1. The predicted molar refractivity (Wildman–Crippen MR) is 145 cm³/mol. The van der Waals surface area contributed by atoms with E-state index in [9.17, 15) is 4.21 Å². The molecule has 0 unspecified atom stereocenters. The molecule has 0 fully saturated rings. The minimum atomic E-state index is -2.75. The zero-order valence-electron chi connectivity index (χ0n) is 18.7. The Morgan fingerprint density at radius 1 is 0.667 bits per heavy atom. The molecule has 0 atom stereocenters. The maximum Gasteiger partial charge on any atom is 0.261 e. The summed E-state index contributed by atoms with van der Waals surface area (Å²) in [6, 6.07) is 40.1. The van der Waals surface area contributed by atoms with Crippen LogP contribution in [0.5, 0.6) is 0 Å². The summed E-state index contributed by atoms with van der Waals surface area (Å²) >= 11 is 0. The molecule has 0 heterocycles. The van der Waals surface area contributed by atoms with Crippen molar-refractivity contribution in [2.24, 2.45) is 9.23 Å². The topological polar surface area (TPSA) is 53.8 Å². The standard InChI is InChI=1S/C27H27N3OPS/c1-33(2,31)30-32(25-19-11-5-12-20-25,26-21-13-6-14-22-26)27(23-15-7-3-8-16-23)29-28-24-17-9-4-10-18-24/h3-22,28H,1-2H3/q+1/b29-27-. The van der Waals surface area contributed by atoms with E-state index < -0.39 is 17.1 Å². The second-order valence-electron chi connectivity index (χ2n) is 7.85. The van der Waals surface area contributed by atoms with E-state index in [4.69, 9.17) is 9.23 Å². The van der Waals surface area contributed by atoms with Gasteiger partial charge in [0.1, 0.15) is 10.6 Å². The van der Waals surface area contributed by atoms with Crippen molar-refractivity contribution in [1.82, 2.24) is 0 Å². The highest BCUT2D eigenvalue weighted by atomic mass is 32.2. The van der Waals surface area contributed by atoms with Gasteiger partial charge in [0, 0.05) is 18.1 Å². The summed E-state index contributed by atoms with van der Waals surface area (Å²) in [6.07, 6.45) is 3.39. The summed E-state index contributed by atoms with van der Waals surface area (Å²) in [4.78, 5) is 0. The number of benzene rings is 4. The molecule has 4 aromatic rings. The molecular formula is C27H27N3OPS+. The molecule has 6 heteroatoms. The summed E-state index contributed by atoms with van der Waals surface area (Å²) in [5, 5.41) is 6.98. The fourth-order valence-electron chi connectivity index (χ4n) is 3.65. The van der Waals surface area contributed by atoms with Gasteiger partial charge < -0.3 is 0 Å². The third kappa shape index (κ3) is 5.39. The van der Waals surface area contributed by atoms with E-state index in [-0.39, 0.29) is 0 Å². The summed E-state index contributed by atoms with van der Waals surface area (Å²) in [5.74, 6) is 0. The molecule has 0 radical (unpaired) electrons. The predicted octanol–water partition coefficient (Wildman–Crippen LogP) is 5.77. The largest absolute Gasteiger partial charge is 0.275 e. The monoisotopic (exact) mass is 472 g/mol. The van der Waals surface area contributed by atoms with Crippen LogP contribution in [0.2, 0.25) is 0 Å². The van der Waals surface area contributed by atoms with Gasteiger partial charge in [-0.05, 0) is 48.5 Å². The number of hydrazone groups is 1. The smallest absolute Gasteiger partial charge is 0.261 e. The molecule has 0 bridgehead atoms. The number of rotatable bonds is 7. The van der Waals surface area contributed by atoms with Gasteiger partial charge in [0.2, 0.25) is 5.45 Å². The van der Waals surface area contributed by atoms with E-state index in [2.05, 4.69) is 29.7 Å². The van der Waals surface area contributed by atoms with Crippen molar-refractivity contribution in [2.45, 2.75) is 0 Å². The lowest BCUT2D eigenvalue weighted by Crippen LogP contribution is -2.29. The maximum absolute atomic E-state index is 13.3. The molecule has 0 aromatic heterocycles. The Bertz CT molecular complexity index is 1290. The number of nitrogens with one attached hydrogen (secondary N) is 1. The number of nitrogens with zero attached hydrogens (tertiary/aromatic N) is 2. The Balaban J connectivity index is 2.09. The molecular weight excluding hydrogens is 445 g/mol. The first-order valence-electron chi connectivity index (χ1n) is 10.6. The molecule has 0 aliphatic heterocycles.